The normalized spacial score (nSPS) is 14.0. The molecule has 0 amide bonds. The summed E-state index contributed by atoms with van der Waals surface area (Å²) in [5.41, 5.74) is 4.14. The van der Waals surface area contributed by atoms with E-state index in [1.165, 1.54) is 11.3 Å². The standard InChI is InChI=1S/C23H23N3O2S/c1-17-15-24-22(25-23(17)29-21-8-4-19(16-27)5-9-21)14-18-2-6-20(7-3-18)26-10-12-28-13-11-26/h2-9,15-16H,10-14H2,1H3. The Morgan fingerprint density at radius 1 is 1.07 bits per heavy atom. The Balaban J connectivity index is 1.46. The van der Waals surface area contributed by atoms with Gasteiger partial charge in [0.15, 0.2) is 0 Å². The molecule has 0 bridgehead atoms. The first kappa shape index (κ1) is 19.6. The Bertz CT molecular complexity index is 968. The van der Waals surface area contributed by atoms with E-state index in [1.807, 2.05) is 37.4 Å². The number of benzene rings is 2. The third kappa shape index (κ3) is 5.02. The van der Waals surface area contributed by atoms with E-state index < -0.39 is 0 Å². The number of rotatable bonds is 6. The van der Waals surface area contributed by atoms with E-state index in [1.54, 1.807) is 11.8 Å². The van der Waals surface area contributed by atoms with Gasteiger partial charge < -0.3 is 9.64 Å². The zero-order valence-electron chi connectivity index (χ0n) is 16.4. The minimum atomic E-state index is 0.676. The van der Waals surface area contributed by atoms with E-state index in [0.29, 0.717) is 12.0 Å². The summed E-state index contributed by atoms with van der Waals surface area (Å²) >= 11 is 1.59. The average Bonchev–Trinajstić information content (AvgIpc) is 2.78. The minimum absolute atomic E-state index is 0.676. The molecule has 2 aromatic carbocycles. The molecule has 1 fully saturated rings. The third-order valence-electron chi connectivity index (χ3n) is 4.88. The van der Waals surface area contributed by atoms with Gasteiger partial charge in [-0.05, 0) is 42.3 Å². The second-order valence-electron chi connectivity index (χ2n) is 7.01. The molecule has 1 aliphatic rings. The minimum Gasteiger partial charge on any atom is -0.378 e. The maximum Gasteiger partial charge on any atom is 0.150 e. The maximum atomic E-state index is 10.8. The van der Waals surface area contributed by atoms with Crippen LogP contribution in [-0.4, -0.2) is 42.6 Å². The second kappa shape index (κ2) is 9.20. The van der Waals surface area contributed by atoms with Crippen LogP contribution in [0.4, 0.5) is 5.69 Å². The van der Waals surface area contributed by atoms with Crippen LogP contribution in [0.2, 0.25) is 0 Å². The molecule has 0 unspecified atom stereocenters. The van der Waals surface area contributed by atoms with Gasteiger partial charge in [0.05, 0.1) is 13.2 Å². The summed E-state index contributed by atoms with van der Waals surface area (Å²) in [6.45, 7) is 5.47. The van der Waals surface area contributed by atoms with Gasteiger partial charge in [-0.15, -0.1) is 0 Å². The van der Waals surface area contributed by atoms with E-state index in [-0.39, 0.29) is 0 Å². The summed E-state index contributed by atoms with van der Waals surface area (Å²) in [7, 11) is 0. The summed E-state index contributed by atoms with van der Waals surface area (Å²) in [6, 6.07) is 16.2. The first-order valence-electron chi connectivity index (χ1n) is 9.68. The molecule has 3 aromatic rings. The Hall–Kier alpha value is -2.70. The van der Waals surface area contributed by atoms with Crippen LogP contribution in [0.25, 0.3) is 0 Å². The lowest BCUT2D eigenvalue weighted by Gasteiger charge is -2.28. The quantitative estimate of drug-likeness (QED) is 0.453. The monoisotopic (exact) mass is 405 g/mol. The third-order valence-corrected chi connectivity index (χ3v) is 6.00. The topological polar surface area (TPSA) is 55.3 Å². The van der Waals surface area contributed by atoms with Crippen molar-refractivity contribution in [2.75, 3.05) is 31.2 Å². The molecule has 0 N–H and O–H groups in total. The van der Waals surface area contributed by atoms with Crippen molar-refractivity contribution in [3.8, 4) is 0 Å². The number of anilines is 1. The molecule has 0 atom stereocenters. The van der Waals surface area contributed by atoms with Crippen LogP contribution in [0.1, 0.15) is 27.3 Å². The number of morpholine rings is 1. The number of ether oxygens (including phenoxy) is 1. The number of aromatic nitrogens is 2. The van der Waals surface area contributed by atoms with E-state index in [9.17, 15) is 4.79 Å². The van der Waals surface area contributed by atoms with Crippen molar-refractivity contribution in [1.82, 2.24) is 9.97 Å². The Morgan fingerprint density at radius 2 is 1.79 bits per heavy atom. The predicted molar refractivity (Wildman–Crippen MR) is 115 cm³/mol. The van der Waals surface area contributed by atoms with Crippen LogP contribution >= 0.6 is 11.8 Å². The van der Waals surface area contributed by atoms with Gasteiger partial charge in [0.25, 0.3) is 0 Å². The number of carbonyl (C=O) groups excluding carboxylic acids is 1. The first-order valence-corrected chi connectivity index (χ1v) is 10.5. The predicted octanol–water partition coefficient (Wildman–Crippen LogP) is 4.18. The van der Waals surface area contributed by atoms with Gasteiger partial charge in [0.2, 0.25) is 0 Å². The zero-order valence-corrected chi connectivity index (χ0v) is 17.2. The Labute approximate surface area is 175 Å². The van der Waals surface area contributed by atoms with Crippen molar-refractivity contribution in [3.05, 3.63) is 77.2 Å². The lowest BCUT2D eigenvalue weighted by molar-refractivity contribution is 0.112. The molecule has 2 heterocycles. The van der Waals surface area contributed by atoms with E-state index in [2.05, 4.69) is 34.1 Å². The summed E-state index contributed by atoms with van der Waals surface area (Å²) in [5, 5.41) is 0.943. The molecule has 0 radical (unpaired) electrons. The number of carbonyl (C=O) groups is 1. The highest BCUT2D eigenvalue weighted by Gasteiger charge is 2.11. The first-order chi connectivity index (χ1) is 14.2. The summed E-state index contributed by atoms with van der Waals surface area (Å²) in [5.74, 6) is 0.807. The van der Waals surface area contributed by atoms with E-state index in [4.69, 9.17) is 9.72 Å². The molecular formula is C23H23N3O2S. The van der Waals surface area contributed by atoms with Gasteiger partial charge >= 0.3 is 0 Å². The molecule has 1 aromatic heterocycles. The molecule has 0 spiro atoms. The largest absolute Gasteiger partial charge is 0.378 e. The zero-order chi connectivity index (χ0) is 20.1. The van der Waals surface area contributed by atoms with Gasteiger partial charge in [-0.2, -0.15) is 0 Å². The molecule has 1 aliphatic heterocycles. The number of hydrogen-bond donors (Lipinski definition) is 0. The number of nitrogens with zero attached hydrogens (tertiary/aromatic N) is 3. The van der Waals surface area contributed by atoms with Crippen molar-refractivity contribution in [2.45, 2.75) is 23.3 Å². The van der Waals surface area contributed by atoms with Gasteiger partial charge in [-0.1, -0.05) is 36.0 Å². The second-order valence-corrected chi connectivity index (χ2v) is 8.07. The van der Waals surface area contributed by atoms with Crippen molar-refractivity contribution in [1.29, 1.82) is 0 Å². The van der Waals surface area contributed by atoms with Crippen molar-refractivity contribution < 1.29 is 9.53 Å². The SMILES string of the molecule is Cc1cnc(Cc2ccc(N3CCOCC3)cc2)nc1Sc1ccc(C=O)cc1. The summed E-state index contributed by atoms with van der Waals surface area (Å²) in [6.07, 6.45) is 3.43. The van der Waals surface area contributed by atoms with Gasteiger partial charge in [0.1, 0.15) is 17.1 Å². The van der Waals surface area contributed by atoms with E-state index >= 15 is 0 Å². The fourth-order valence-electron chi connectivity index (χ4n) is 3.20. The van der Waals surface area contributed by atoms with Crippen molar-refractivity contribution >= 4 is 23.7 Å². The van der Waals surface area contributed by atoms with Gasteiger partial charge in [-0.3, -0.25) is 4.79 Å². The Morgan fingerprint density at radius 3 is 2.48 bits per heavy atom. The molecule has 0 aliphatic carbocycles. The highest BCUT2D eigenvalue weighted by molar-refractivity contribution is 7.99. The number of aldehydes is 1. The molecule has 29 heavy (non-hydrogen) atoms. The van der Waals surface area contributed by atoms with Crippen LogP contribution < -0.4 is 4.90 Å². The van der Waals surface area contributed by atoms with Gasteiger partial charge in [-0.25, -0.2) is 9.97 Å². The average molecular weight is 406 g/mol. The van der Waals surface area contributed by atoms with Crippen molar-refractivity contribution in [2.24, 2.45) is 0 Å². The molecule has 0 saturated carbocycles. The van der Waals surface area contributed by atoms with Crippen LogP contribution in [0.15, 0.2) is 64.6 Å². The fraction of sp³-hybridized carbons (Fsp3) is 0.261. The smallest absolute Gasteiger partial charge is 0.150 e. The summed E-state index contributed by atoms with van der Waals surface area (Å²) < 4.78 is 5.42. The fourth-order valence-corrected chi connectivity index (χ4v) is 4.06. The number of aryl methyl sites for hydroxylation is 1. The lowest BCUT2D eigenvalue weighted by atomic mass is 10.1. The molecule has 1 saturated heterocycles. The maximum absolute atomic E-state index is 10.8. The highest BCUT2D eigenvalue weighted by Crippen LogP contribution is 2.28. The van der Waals surface area contributed by atoms with Crippen LogP contribution in [0, 0.1) is 6.92 Å². The highest BCUT2D eigenvalue weighted by atomic mass is 32.2. The lowest BCUT2D eigenvalue weighted by Crippen LogP contribution is -2.36. The van der Waals surface area contributed by atoms with Gasteiger partial charge in [0, 0.05) is 41.9 Å². The number of hydrogen-bond acceptors (Lipinski definition) is 6. The van der Waals surface area contributed by atoms with Crippen LogP contribution in [0.5, 0.6) is 0 Å². The molecule has 6 heteroatoms. The van der Waals surface area contributed by atoms with Crippen LogP contribution in [0.3, 0.4) is 0 Å². The molecule has 148 valence electrons. The Kier molecular flexibility index (Phi) is 6.22. The molecular weight excluding hydrogens is 382 g/mol. The van der Waals surface area contributed by atoms with Crippen molar-refractivity contribution in [3.63, 3.8) is 0 Å². The van der Waals surface area contributed by atoms with Crippen LogP contribution in [-0.2, 0) is 11.2 Å². The van der Waals surface area contributed by atoms with E-state index in [0.717, 1.165) is 53.9 Å². The molecule has 5 nitrogen and oxygen atoms in total. The molecule has 4 rings (SSSR count). The summed E-state index contributed by atoms with van der Waals surface area (Å²) in [4.78, 5) is 23.5.